The number of rotatable bonds is 10. The van der Waals surface area contributed by atoms with E-state index >= 15 is 0 Å². The number of halogens is 1. The second-order valence-electron chi connectivity index (χ2n) is 7.48. The van der Waals surface area contributed by atoms with Crippen LogP contribution in [0, 0.1) is 0 Å². The Kier molecular flexibility index (Phi) is 8.96. The summed E-state index contributed by atoms with van der Waals surface area (Å²) >= 11 is 0. The van der Waals surface area contributed by atoms with Gasteiger partial charge in [0.15, 0.2) is 0 Å². The van der Waals surface area contributed by atoms with Gasteiger partial charge in [0.05, 0.1) is 5.69 Å². The lowest BCUT2D eigenvalue weighted by molar-refractivity contribution is 0.133. The fourth-order valence-electron chi connectivity index (χ4n) is 3.51. The number of carbonyl (C=O) groups is 1. The lowest BCUT2D eigenvalue weighted by atomic mass is 10.2. The molecule has 174 valence electrons. The topological polar surface area (TPSA) is 129 Å². The minimum absolute atomic E-state index is 0.0219. The maximum atomic E-state index is 12.5. The molecular weight excluding hydrogens is 417 g/mol. The molecule has 1 aromatic heterocycles. The van der Waals surface area contributed by atoms with E-state index in [0.29, 0.717) is 24.2 Å². The molecule has 2 aromatic rings. The van der Waals surface area contributed by atoms with Crippen molar-refractivity contribution in [3.63, 3.8) is 0 Å². The van der Waals surface area contributed by atoms with Gasteiger partial charge in [-0.1, -0.05) is 12.1 Å². The highest BCUT2D eigenvalue weighted by Gasteiger charge is 2.17. The molecule has 1 aliphatic heterocycles. The van der Waals surface area contributed by atoms with Crippen LogP contribution in [0.1, 0.15) is 12.0 Å². The number of ether oxygens (including phenoxy) is 1. The second-order valence-corrected chi connectivity index (χ2v) is 7.48. The van der Waals surface area contributed by atoms with Gasteiger partial charge >= 0.3 is 6.03 Å². The van der Waals surface area contributed by atoms with Crippen LogP contribution in [0.2, 0.25) is 0 Å². The van der Waals surface area contributed by atoms with Gasteiger partial charge in [-0.15, -0.1) is 0 Å². The molecule has 0 spiro atoms. The van der Waals surface area contributed by atoms with E-state index in [1.54, 1.807) is 24.4 Å². The largest absolute Gasteiger partial charge is 0.461 e. The molecule has 5 N–H and O–H groups in total. The molecule has 0 saturated carbocycles. The minimum Gasteiger partial charge on any atom is -0.461 e. The number of anilines is 2. The van der Waals surface area contributed by atoms with Gasteiger partial charge in [-0.05, 0) is 38.1 Å². The number of alkyl halides is 1. The second kappa shape index (κ2) is 12.1. The maximum Gasteiger partial charge on any atom is 0.326 e. The number of aromatic amines is 1. The Hall–Kier alpha value is -3.02. The summed E-state index contributed by atoms with van der Waals surface area (Å²) in [5, 5.41) is 5.00. The van der Waals surface area contributed by atoms with Crippen LogP contribution < -0.4 is 26.7 Å². The van der Waals surface area contributed by atoms with Crippen LogP contribution in [-0.4, -0.2) is 78.5 Å². The number of benzene rings is 1. The normalized spacial score (nSPS) is 14.8. The molecule has 1 aromatic carbocycles. The van der Waals surface area contributed by atoms with E-state index in [1.807, 2.05) is 0 Å². The number of H-pyrrole nitrogens is 1. The number of para-hydroxylation sites is 2. The van der Waals surface area contributed by atoms with Crippen molar-refractivity contribution in [2.24, 2.45) is 5.73 Å². The van der Waals surface area contributed by atoms with Crippen LogP contribution >= 0.6 is 0 Å². The smallest absolute Gasteiger partial charge is 0.326 e. The third-order valence-corrected chi connectivity index (χ3v) is 5.29. The van der Waals surface area contributed by atoms with E-state index < -0.39 is 12.9 Å². The van der Waals surface area contributed by atoms with Gasteiger partial charge in [0.2, 0.25) is 12.8 Å². The van der Waals surface area contributed by atoms with Crippen molar-refractivity contribution < 1.29 is 13.9 Å². The van der Waals surface area contributed by atoms with E-state index in [9.17, 15) is 14.0 Å². The molecule has 2 heterocycles. The molecule has 0 unspecified atom stereocenters. The van der Waals surface area contributed by atoms with Crippen molar-refractivity contribution in [3.8, 4) is 5.75 Å². The van der Waals surface area contributed by atoms with Crippen molar-refractivity contribution in [3.05, 3.63) is 46.4 Å². The summed E-state index contributed by atoms with van der Waals surface area (Å²) in [6.45, 7) is 5.44. The van der Waals surface area contributed by atoms with Gasteiger partial charge in [0, 0.05) is 44.5 Å². The number of carbonyl (C=O) groups excluding carboxylic acids is 1. The first kappa shape index (κ1) is 23.6. The van der Waals surface area contributed by atoms with E-state index in [1.165, 1.54) is 6.07 Å². The first-order valence-electron chi connectivity index (χ1n) is 10.7. The molecule has 3 rings (SSSR count). The first-order chi connectivity index (χ1) is 15.6. The fraction of sp³-hybridized carbons (Fsp3) is 0.476. The molecule has 32 heavy (non-hydrogen) atoms. The number of piperazine rings is 1. The van der Waals surface area contributed by atoms with Crippen LogP contribution in [0.25, 0.3) is 0 Å². The Morgan fingerprint density at radius 2 is 1.88 bits per heavy atom. The third-order valence-electron chi connectivity index (χ3n) is 5.29. The Morgan fingerprint density at radius 1 is 1.16 bits per heavy atom. The summed E-state index contributed by atoms with van der Waals surface area (Å²) < 4.78 is 17.3. The van der Waals surface area contributed by atoms with E-state index in [2.05, 4.69) is 30.4 Å². The van der Waals surface area contributed by atoms with Gasteiger partial charge in [-0.3, -0.25) is 10.1 Å². The number of nitrogens with zero attached hydrogens (tertiary/aromatic N) is 3. The molecule has 11 heteroatoms. The highest BCUT2D eigenvalue weighted by Crippen LogP contribution is 2.23. The fourth-order valence-corrected chi connectivity index (χ4v) is 3.51. The predicted molar refractivity (Wildman–Crippen MR) is 121 cm³/mol. The molecule has 1 aliphatic rings. The van der Waals surface area contributed by atoms with Crippen LogP contribution in [0.5, 0.6) is 5.75 Å². The Balaban J connectivity index is 1.48. The van der Waals surface area contributed by atoms with Crippen molar-refractivity contribution in [2.45, 2.75) is 12.8 Å². The third kappa shape index (κ3) is 7.01. The van der Waals surface area contributed by atoms with Crippen LogP contribution in [-0.2, 0) is 6.42 Å². The summed E-state index contributed by atoms with van der Waals surface area (Å²) in [4.78, 5) is 36.1. The SMILES string of the molecule is NCCCN1CCN(CCc2c[nH]c(NC(=O)Nc3ccccc3OCF)nc2=O)CC1. The minimum atomic E-state index is -1.01. The monoisotopic (exact) mass is 447 g/mol. The summed E-state index contributed by atoms with van der Waals surface area (Å²) in [6.07, 6.45) is 3.16. The standard InChI is InChI=1S/C21H30FN7O3/c22-15-32-18-5-2-1-4-17(18)25-21(31)27-20-24-14-16(19(30)26-20)6-9-29-12-10-28(11-13-29)8-3-7-23/h1-2,4-5,14H,3,6-13,15,23H2,(H3,24,25,26,27,30,31). The first-order valence-corrected chi connectivity index (χ1v) is 10.7. The number of aromatic nitrogens is 2. The van der Waals surface area contributed by atoms with Crippen molar-refractivity contribution in [1.29, 1.82) is 0 Å². The lowest BCUT2D eigenvalue weighted by Gasteiger charge is -2.34. The number of urea groups is 1. The zero-order valence-electron chi connectivity index (χ0n) is 18.0. The molecule has 0 atom stereocenters. The molecule has 1 fully saturated rings. The molecule has 2 amide bonds. The Morgan fingerprint density at radius 3 is 2.56 bits per heavy atom. The molecule has 0 aliphatic carbocycles. The zero-order chi connectivity index (χ0) is 22.8. The maximum absolute atomic E-state index is 12.5. The summed E-state index contributed by atoms with van der Waals surface area (Å²) in [5.74, 6) is 0.218. The number of nitrogens with two attached hydrogens (primary N) is 1. The molecule has 0 radical (unpaired) electrons. The summed E-state index contributed by atoms with van der Waals surface area (Å²) in [5.41, 5.74) is 6.04. The molecule has 10 nitrogen and oxygen atoms in total. The van der Waals surface area contributed by atoms with E-state index in [4.69, 9.17) is 10.5 Å². The molecule has 0 bridgehead atoms. The quantitative estimate of drug-likeness (QED) is 0.431. The number of amides is 2. The van der Waals surface area contributed by atoms with Crippen molar-refractivity contribution in [1.82, 2.24) is 19.8 Å². The lowest BCUT2D eigenvalue weighted by Crippen LogP contribution is -2.47. The van der Waals surface area contributed by atoms with Crippen molar-refractivity contribution >= 4 is 17.7 Å². The summed E-state index contributed by atoms with van der Waals surface area (Å²) in [7, 11) is 0. The highest BCUT2D eigenvalue weighted by molar-refractivity contribution is 5.99. The van der Waals surface area contributed by atoms with Gasteiger partial charge in [0.25, 0.3) is 5.56 Å². The highest BCUT2D eigenvalue weighted by atomic mass is 19.1. The molecule has 1 saturated heterocycles. The average Bonchev–Trinajstić information content (AvgIpc) is 2.79. The Labute approximate surface area is 185 Å². The zero-order valence-corrected chi connectivity index (χ0v) is 18.0. The van der Waals surface area contributed by atoms with Crippen LogP contribution in [0.3, 0.4) is 0 Å². The number of hydrogen-bond donors (Lipinski definition) is 4. The number of hydrogen-bond acceptors (Lipinski definition) is 7. The van der Waals surface area contributed by atoms with Gasteiger partial charge in [0.1, 0.15) is 5.75 Å². The average molecular weight is 448 g/mol. The Bertz CT molecular complexity index is 932. The van der Waals surface area contributed by atoms with E-state index in [-0.39, 0.29) is 17.3 Å². The van der Waals surface area contributed by atoms with Gasteiger partial charge in [-0.2, -0.15) is 4.98 Å². The van der Waals surface area contributed by atoms with Crippen LogP contribution in [0.4, 0.5) is 20.8 Å². The molecular formula is C21H30FN7O3. The van der Waals surface area contributed by atoms with Crippen LogP contribution in [0.15, 0.2) is 35.3 Å². The van der Waals surface area contributed by atoms with Gasteiger partial charge < -0.3 is 30.6 Å². The number of nitrogens with one attached hydrogen (secondary N) is 3. The predicted octanol–water partition coefficient (Wildman–Crippen LogP) is 1.23. The van der Waals surface area contributed by atoms with Gasteiger partial charge in [-0.25, -0.2) is 9.18 Å². The van der Waals surface area contributed by atoms with E-state index in [0.717, 1.165) is 45.7 Å². The summed E-state index contributed by atoms with van der Waals surface area (Å²) in [6, 6.07) is 5.80. The van der Waals surface area contributed by atoms with Crippen molar-refractivity contribution in [2.75, 3.05) is 63.3 Å².